The monoisotopic (exact) mass is 719 g/mol. The zero-order valence-corrected chi connectivity index (χ0v) is 30.6. The van der Waals surface area contributed by atoms with Gasteiger partial charge in [-0.3, -0.25) is 0 Å². The summed E-state index contributed by atoms with van der Waals surface area (Å²) in [5, 5.41) is 7.27. The van der Waals surface area contributed by atoms with E-state index >= 15 is 0 Å². The summed E-state index contributed by atoms with van der Waals surface area (Å²) in [6.07, 6.45) is 0. The predicted molar refractivity (Wildman–Crippen MR) is 235 cm³/mol. The van der Waals surface area contributed by atoms with Crippen molar-refractivity contribution in [2.24, 2.45) is 0 Å². The number of rotatable bonds is 6. The van der Waals surface area contributed by atoms with E-state index in [1.54, 1.807) is 0 Å². The number of thiophene rings is 1. The average Bonchev–Trinajstić information content (AvgIpc) is 3.83. The topological polar surface area (TPSA) is 16.4 Å². The van der Waals surface area contributed by atoms with Crippen LogP contribution in [0.5, 0.6) is 0 Å². The molecule has 0 atom stereocenters. The van der Waals surface area contributed by atoms with Gasteiger partial charge in [0.2, 0.25) is 0 Å². The van der Waals surface area contributed by atoms with Crippen LogP contribution in [0.4, 0.5) is 17.1 Å². The molecule has 55 heavy (non-hydrogen) atoms. The van der Waals surface area contributed by atoms with Gasteiger partial charge in [0.15, 0.2) is 0 Å². The number of hydrogen-bond acceptors (Lipinski definition) is 3. The molecule has 0 fully saturated rings. The van der Waals surface area contributed by atoms with Gasteiger partial charge < -0.3 is 9.32 Å². The zero-order chi connectivity index (χ0) is 36.3. The van der Waals surface area contributed by atoms with Gasteiger partial charge in [0.05, 0.1) is 11.4 Å². The van der Waals surface area contributed by atoms with Crippen LogP contribution in [0, 0.1) is 0 Å². The van der Waals surface area contributed by atoms with E-state index in [4.69, 9.17) is 4.42 Å². The molecule has 0 aliphatic rings. The lowest BCUT2D eigenvalue weighted by Crippen LogP contribution is -2.11. The van der Waals surface area contributed by atoms with Crippen LogP contribution in [-0.2, 0) is 0 Å². The highest BCUT2D eigenvalue weighted by atomic mass is 32.1. The van der Waals surface area contributed by atoms with Crippen LogP contribution in [-0.4, -0.2) is 0 Å². The zero-order valence-electron chi connectivity index (χ0n) is 29.8. The van der Waals surface area contributed by atoms with Crippen molar-refractivity contribution in [2.75, 3.05) is 4.90 Å². The van der Waals surface area contributed by atoms with E-state index in [2.05, 4.69) is 199 Å². The van der Waals surface area contributed by atoms with Crippen molar-refractivity contribution in [2.45, 2.75) is 0 Å². The van der Waals surface area contributed by atoms with Crippen LogP contribution < -0.4 is 4.90 Å². The highest BCUT2D eigenvalue weighted by Crippen LogP contribution is 2.49. The molecule has 2 aromatic heterocycles. The summed E-state index contributed by atoms with van der Waals surface area (Å²) in [7, 11) is 0. The molecule has 0 radical (unpaired) electrons. The molecule has 0 saturated carbocycles. The Kier molecular flexibility index (Phi) is 7.39. The fraction of sp³-hybridized carbons (Fsp3) is 0. The second kappa shape index (κ2) is 12.9. The Morgan fingerprint density at radius 1 is 0.364 bits per heavy atom. The van der Waals surface area contributed by atoms with Crippen molar-refractivity contribution in [3.63, 3.8) is 0 Å². The molecule has 0 bridgehead atoms. The summed E-state index contributed by atoms with van der Waals surface area (Å²) in [5.41, 5.74) is 12.2. The van der Waals surface area contributed by atoms with E-state index in [0.717, 1.165) is 55.7 Å². The van der Waals surface area contributed by atoms with Gasteiger partial charge in [0, 0.05) is 42.2 Å². The molecule has 258 valence electrons. The molecule has 0 spiro atoms. The van der Waals surface area contributed by atoms with Crippen LogP contribution in [0.15, 0.2) is 205 Å². The van der Waals surface area contributed by atoms with Crippen LogP contribution in [0.3, 0.4) is 0 Å². The molecule has 9 aromatic carbocycles. The summed E-state index contributed by atoms with van der Waals surface area (Å²) in [5.74, 6) is 0. The van der Waals surface area contributed by atoms with Crippen molar-refractivity contribution in [1.82, 2.24) is 0 Å². The molecule has 2 heterocycles. The third-order valence-electron chi connectivity index (χ3n) is 10.8. The van der Waals surface area contributed by atoms with E-state index in [-0.39, 0.29) is 0 Å². The van der Waals surface area contributed by atoms with Gasteiger partial charge in [-0.15, -0.1) is 11.3 Å². The maximum atomic E-state index is 6.39. The molecule has 0 N–H and O–H groups in total. The molecule has 0 amide bonds. The number of fused-ring (bicyclic) bond motifs is 7. The molecule has 3 heteroatoms. The number of nitrogens with zero attached hydrogens (tertiary/aromatic N) is 1. The van der Waals surface area contributed by atoms with Crippen LogP contribution >= 0.6 is 11.3 Å². The molecular weight excluding hydrogens is 687 g/mol. The Morgan fingerprint density at radius 3 is 1.89 bits per heavy atom. The van der Waals surface area contributed by atoms with Gasteiger partial charge in [-0.25, -0.2) is 0 Å². The van der Waals surface area contributed by atoms with E-state index in [9.17, 15) is 0 Å². The summed E-state index contributed by atoms with van der Waals surface area (Å²) in [6, 6.07) is 72.3. The fourth-order valence-electron chi connectivity index (χ4n) is 8.32. The second-order valence-electron chi connectivity index (χ2n) is 14.1. The first kappa shape index (κ1) is 31.6. The molecule has 11 rings (SSSR count). The summed E-state index contributed by atoms with van der Waals surface area (Å²) in [6.45, 7) is 0. The average molecular weight is 720 g/mol. The van der Waals surface area contributed by atoms with Gasteiger partial charge in [0.1, 0.15) is 11.2 Å². The molecule has 0 aliphatic heterocycles. The first-order valence-corrected chi connectivity index (χ1v) is 19.5. The lowest BCUT2D eigenvalue weighted by molar-refractivity contribution is 0.669. The molecule has 0 unspecified atom stereocenters. The molecular formula is C52H33NOS. The Bertz CT molecular complexity index is 3240. The summed E-state index contributed by atoms with van der Waals surface area (Å²) >= 11 is 1.85. The maximum Gasteiger partial charge on any atom is 0.136 e. The quantitative estimate of drug-likeness (QED) is 0.170. The standard InChI is InChI=1S/C52H33NOS/c1-2-14-35-31-39(30-29-34(35)13-1)37-16-9-15-36(32-37)38-17-10-18-40(33-38)53(46-24-12-28-50-52(46)44-21-5-8-27-49(44)55-50)45-23-6-3-19-41(45)42-22-11-26-48-51(42)43-20-4-7-25-47(43)54-48/h1-33H. The van der Waals surface area contributed by atoms with Crippen molar-refractivity contribution in [3.8, 4) is 33.4 Å². The Morgan fingerprint density at radius 2 is 0.982 bits per heavy atom. The normalized spacial score (nSPS) is 11.6. The predicted octanol–water partition coefficient (Wildman–Crippen LogP) is 15.6. The fourth-order valence-corrected chi connectivity index (χ4v) is 9.44. The Balaban J connectivity index is 1.13. The van der Waals surface area contributed by atoms with Gasteiger partial charge in [0.25, 0.3) is 0 Å². The van der Waals surface area contributed by atoms with Crippen molar-refractivity contribution >= 4 is 81.3 Å². The number of furan rings is 1. The molecule has 0 aliphatic carbocycles. The highest BCUT2D eigenvalue weighted by molar-refractivity contribution is 7.26. The molecule has 0 saturated heterocycles. The molecule has 2 nitrogen and oxygen atoms in total. The first-order valence-electron chi connectivity index (χ1n) is 18.7. The maximum absolute atomic E-state index is 6.39. The van der Waals surface area contributed by atoms with Crippen molar-refractivity contribution < 1.29 is 4.42 Å². The van der Waals surface area contributed by atoms with E-state index in [0.29, 0.717) is 0 Å². The number of para-hydroxylation sites is 2. The highest BCUT2D eigenvalue weighted by Gasteiger charge is 2.23. The van der Waals surface area contributed by atoms with Crippen LogP contribution in [0.25, 0.3) is 86.3 Å². The minimum atomic E-state index is 0.888. The lowest BCUT2D eigenvalue weighted by Gasteiger charge is -2.29. The third kappa shape index (κ3) is 5.32. The Hall–Kier alpha value is -6.94. The minimum Gasteiger partial charge on any atom is -0.456 e. The first-order chi connectivity index (χ1) is 27.3. The van der Waals surface area contributed by atoms with Gasteiger partial charge in [-0.05, 0) is 99.3 Å². The minimum absolute atomic E-state index is 0.888. The van der Waals surface area contributed by atoms with E-state index in [1.165, 1.54) is 47.6 Å². The number of hydrogen-bond donors (Lipinski definition) is 0. The van der Waals surface area contributed by atoms with E-state index < -0.39 is 0 Å². The second-order valence-corrected chi connectivity index (χ2v) is 15.2. The Labute approximate surface area is 322 Å². The smallest absolute Gasteiger partial charge is 0.136 e. The van der Waals surface area contributed by atoms with Crippen molar-refractivity contribution in [1.29, 1.82) is 0 Å². The SMILES string of the molecule is c1cc(-c2cccc(N(c3ccccc3-c3cccc4oc5ccccc5c34)c3cccc4sc5ccccc5c34)c2)cc(-c2ccc3ccccc3c2)c1. The van der Waals surface area contributed by atoms with Crippen LogP contribution in [0.2, 0.25) is 0 Å². The van der Waals surface area contributed by atoms with E-state index in [1.807, 2.05) is 17.4 Å². The summed E-state index contributed by atoms with van der Waals surface area (Å²) < 4.78 is 8.95. The number of anilines is 3. The lowest BCUT2D eigenvalue weighted by atomic mass is 9.95. The van der Waals surface area contributed by atoms with Crippen molar-refractivity contribution in [3.05, 3.63) is 200 Å². The van der Waals surface area contributed by atoms with Crippen LogP contribution in [0.1, 0.15) is 0 Å². The molecule has 11 aromatic rings. The largest absolute Gasteiger partial charge is 0.456 e. The third-order valence-corrected chi connectivity index (χ3v) is 12.0. The van der Waals surface area contributed by atoms with Gasteiger partial charge in [-0.2, -0.15) is 0 Å². The summed E-state index contributed by atoms with van der Waals surface area (Å²) in [4.78, 5) is 2.47. The number of benzene rings is 9. The van der Waals surface area contributed by atoms with Gasteiger partial charge >= 0.3 is 0 Å². The van der Waals surface area contributed by atoms with Gasteiger partial charge in [-0.1, -0.05) is 140 Å².